The summed E-state index contributed by atoms with van der Waals surface area (Å²) in [5, 5.41) is 4.11. The molecule has 4 aromatic rings. The average molecular weight is 404 g/mol. The number of pyridine rings is 1. The van der Waals surface area contributed by atoms with Crippen LogP contribution in [-0.2, 0) is 0 Å². The average Bonchev–Trinajstić information content (AvgIpc) is 3.37. The van der Waals surface area contributed by atoms with Crippen molar-refractivity contribution in [1.82, 2.24) is 19.4 Å². The van der Waals surface area contributed by atoms with E-state index >= 15 is 0 Å². The lowest BCUT2D eigenvalue weighted by Crippen LogP contribution is -2.16. The van der Waals surface area contributed by atoms with Gasteiger partial charge in [-0.2, -0.15) is 0 Å². The first-order valence-electron chi connectivity index (χ1n) is 10.0. The molecule has 0 atom stereocenters. The summed E-state index contributed by atoms with van der Waals surface area (Å²) >= 11 is 6.46. The zero-order valence-corrected chi connectivity index (χ0v) is 17.0. The molecule has 1 saturated carbocycles. The lowest BCUT2D eigenvalue weighted by Gasteiger charge is -2.12. The van der Waals surface area contributed by atoms with Crippen molar-refractivity contribution in [3.8, 4) is 22.6 Å². The number of halogens is 1. The molecule has 0 spiro atoms. The van der Waals surface area contributed by atoms with Crippen molar-refractivity contribution >= 4 is 23.2 Å². The van der Waals surface area contributed by atoms with Crippen LogP contribution in [0, 0.1) is 6.92 Å². The minimum Gasteiger partial charge on any atom is -0.351 e. The normalized spacial score (nSPS) is 14.6. The van der Waals surface area contributed by atoms with E-state index in [9.17, 15) is 0 Å². The molecule has 0 unspecified atom stereocenters. The largest absolute Gasteiger partial charge is 0.351 e. The Hall–Kier alpha value is -2.92. The summed E-state index contributed by atoms with van der Waals surface area (Å²) < 4.78 is 2.01. The molecule has 0 saturated heterocycles. The van der Waals surface area contributed by atoms with Gasteiger partial charge in [-0.15, -0.1) is 0 Å². The van der Waals surface area contributed by atoms with Crippen LogP contribution >= 0.6 is 11.6 Å². The number of hydrogen-bond donors (Lipinski definition) is 1. The van der Waals surface area contributed by atoms with Crippen LogP contribution in [0.1, 0.15) is 31.2 Å². The topological polar surface area (TPSA) is 55.1 Å². The smallest absolute Gasteiger partial charge is 0.223 e. The van der Waals surface area contributed by atoms with E-state index in [0.29, 0.717) is 17.0 Å². The van der Waals surface area contributed by atoms with E-state index in [-0.39, 0.29) is 0 Å². The summed E-state index contributed by atoms with van der Waals surface area (Å²) in [7, 11) is 0. The van der Waals surface area contributed by atoms with Gasteiger partial charge in [-0.1, -0.05) is 54.3 Å². The van der Waals surface area contributed by atoms with E-state index in [1.54, 1.807) is 0 Å². The van der Waals surface area contributed by atoms with E-state index in [0.717, 1.165) is 28.3 Å². The van der Waals surface area contributed by atoms with Crippen molar-refractivity contribution in [1.29, 1.82) is 0 Å². The molecule has 146 valence electrons. The molecule has 5 rings (SSSR count). The summed E-state index contributed by atoms with van der Waals surface area (Å²) in [5.41, 5.74) is 5.58. The van der Waals surface area contributed by atoms with Crippen LogP contribution in [0.25, 0.3) is 28.3 Å². The van der Waals surface area contributed by atoms with Crippen LogP contribution in [0.3, 0.4) is 0 Å². The van der Waals surface area contributed by atoms with Gasteiger partial charge < -0.3 is 5.32 Å². The summed E-state index contributed by atoms with van der Waals surface area (Å²) in [6.07, 6.45) is 8.66. The van der Waals surface area contributed by atoms with Crippen LogP contribution in [0.5, 0.6) is 0 Å². The highest BCUT2D eigenvalue weighted by Crippen LogP contribution is 2.34. The molecule has 0 radical (unpaired) electrons. The number of nitrogens with zero attached hydrogens (tertiary/aromatic N) is 4. The fraction of sp³-hybridized carbons (Fsp3) is 0.261. The molecule has 6 heteroatoms. The minimum atomic E-state index is 0.457. The lowest BCUT2D eigenvalue weighted by atomic mass is 10.1. The van der Waals surface area contributed by atoms with Crippen LogP contribution in [-0.4, -0.2) is 25.4 Å². The van der Waals surface area contributed by atoms with Crippen LogP contribution in [0.4, 0.5) is 5.95 Å². The number of hydrogen-bond acceptors (Lipinski definition) is 4. The van der Waals surface area contributed by atoms with E-state index in [1.807, 2.05) is 35.0 Å². The quantitative estimate of drug-likeness (QED) is 0.469. The predicted molar refractivity (Wildman–Crippen MR) is 117 cm³/mol. The zero-order chi connectivity index (χ0) is 19.8. The third-order valence-corrected chi connectivity index (χ3v) is 5.81. The number of nitrogens with one attached hydrogen (secondary N) is 1. The number of benzene rings is 1. The van der Waals surface area contributed by atoms with Crippen LogP contribution in [0.15, 0.2) is 54.9 Å². The Morgan fingerprint density at radius 2 is 1.83 bits per heavy atom. The Morgan fingerprint density at radius 1 is 1.03 bits per heavy atom. The van der Waals surface area contributed by atoms with Crippen LogP contribution < -0.4 is 5.32 Å². The molecule has 1 aromatic carbocycles. The van der Waals surface area contributed by atoms with Gasteiger partial charge in [0, 0.05) is 24.0 Å². The second-order valence-electron chi connectivity index (χ2n) is 7.62. The first-order chi connectivity index (χ1) is 14.2. The van der Waals surface area contributed by atoms with Crippen LogP contribution in [0.2, 0.25) is 5.02 Å². The molecule has 3 aromatic heterocycles. The fourth-order valence-electron chi connectivity index (χ4n) is 4.00. The highest BCUT2D eigenvalue weighted by molar-refractivity contribution is 6.33. The first kappa shape index (κ1) is 18.1. The van der Waals surface area contributed by atoms with Gasteiger partial charge in [0.25, 0.3) is 0 Å². The van der Waals surface area contributed by atoms with Crippen molar-refractivity contribution in [3.05, 3.63) is 65.4 Å². The minimum absolute atomic E-state index is 0.457. The van der Waals surface area contributed by atoms with E-state index in [2.05, 4.69) is 41.5 Å². The monoisotopic (exact) mass is 403 g/mol. The molecular weight excluding hydrogens is 382 g/mol. The number of anilines is 1. The third-order valence-electron chi connectivity index (χ3n) is 5.51. The Morgan fingerprint density at radius 3 is 2.62 bits per heavy atom. The van der Waals surface area contributed by atoms with Gasteiger partial charge in [-0.3, -0.25) is 4.40 Å². The van der Waals surface area contributed by atoms with E-state index in [1.165, 1.54) is 31.2 Å². The van der Waals surface area contributed by atoms with Crippen molar-refractivity contribution < 1.29 is 0 Å². The second-order valence-corrected chi connectivity index (χ2v) is 8.02. The molecule has 3 heterocycles. The Bertz CT molecular complexity index is 1160. The lowest BCUT2D eigenvalue weighted by molar-refractivity contribution is 0.744. The summed E-state index contributed by atoms with van der Waals surface area (Å²) in [6, 6.07) is 14.6. The summed E-state index contributed by atoms with van der Waals surface area (Å²) in [4.78, 5) is 14.2. The van der Waals surface area contributed by atoms with Crippen molar-refractivity contribution in [3.63, 3.8) is 0 Å². The van der Waals surface area contributed by atoms with Crippen molar-refractivity contribution in [2.24, 2.45) is 0 Å². The second kappa shape index (κ2) is 7.48. The highest BCUT2D eigenvalue weighted by Gasteiger charge is 2.20. The van der Waals surface area contributed by atoms with E-state index in [4.69, 9.17) is 21.6 Å². The molecular formula is C23H22ClN5. The highest BCUT2D eigenvalue weighted by atomic mass is 35.5. The Labute approximate surface area is 174 Å². The Kier molecular flexibility index (Phi) is 4.68. The maximum absolute atomic E-state index is 6.46. The molecule has 29 heavy (non-hydrogen) atoms. The molecule has 1 aliphatic rings. The fourth-order valence-corrected chi connectivity index (χ4v) is 4.21. The van der Waals surface area contributed by atoms with Gasteiger partial charge in [0.2, 0.25) is 5.95 Å². The molecule has 5 nitrogen and oxygen atoms in total. The van der Waals surface area contributed by atoms with Crippen molar-refractivity contribution in [2.45, 2.75) is 38.6 Å². The molecule has 0 aliphatic heterocycles. The standard InChI is InChI=1S/C23H22ClN5/c1-15-8-10-16(11-9-15)20-21(29-14-4-7-18(24)22(29)28-20)19-12-13-25-23(27-19)26-17-5-2-3-6-17/h4,7-14,17H,2-3,5-6H2,1H3,(H,25,26,27). The molecule has 1 aliphatic carbocycles. The molecule has 0 bridgehead atoms. The summed E-state index contributed by atoms with van der Waals surface area (Å²) in [5.74, 6) is 0.668. The van der Waals surface area contributed by atoms with Gasteiger partial charge in [-0.25, -0.2) is 15.0 Å². The number of aryl methyl sites for hydroxylation is 1. The molecule has 1 fully saturated rings. The maximum atomic E-state index is 6.46. The van der Waals surface area contributed by atoms with Gasteiger partial charge in [0.1, 0.15) is 0 Å². The first-order valence-corrected chi connectivity index (χ1v) is 10.4. The number of fused-ring (bicyclic) bond motifs is 1. The SMILES string of the molecule is Cc1ccc(-c2nc3c(Cl)cccn3c2-c2ccnc(NC3CCCC3)n2)cc1. The van der Waals surface area contributed by atoms with Gasteiger partial charge in [-0.05, 0) is 38.0 Å². The van der Waals surface area contributed by atoms with Gasteiger partial charge in [0.15, 0.2) is 5.65 Å². The van der Waals surface area contributed by atoms with E-state index < -0.39 is 0 Å². The number of aromatic nitrogens is 4. The zero-order valence-electron chi connectivity index (χ0n) is 16.3. The number of imidazole rings is 1. The number of rotatable bonds is 4. The van der Waals surface area contributed by atoms with Crippen molar-refractivity contribution in [2.75, 3.05) is 5.32 Å². The van der Waals surface area contributed by atoms with Gasteiger partial charge in [0.05, 0.1) is 22.1 Å². The molecule has 1 N–H and O–H groups in total. The molecule has 0 amide bonds. The maximum Gasteiger partial charge on any atom is 0.223 e. The summed E-state index contributed by atoms with van der Waals surface area (Å²) in [6.45, 7) is 2.08. The van der Waals surface area contributed by atoms with Gasteiger partial charge >= 0.3 is 0 Å². The Balaban J connectivity index is 1.66. The third kappa shape index (κ3) is 3.47. The predicted octanol–water partition coefficient (Wildman–Crippen LogP) is 5.77.